The number of aliphatic hydroxyl groups excluding tert-OH is 1. The minimum atomic E-state index is -2.44. The summed E-state index contributed by atoms with van der Waals surface area (Å²) in [5.41, 5.74) is 3.46. The predicted octanol–water partition coefficient (Wildman–Crippen LogP) is 0.614. The third-order valence-corrected chi connectivity index (χ3v) is 3.32. The van der Waals surface area contributed by atoms with E-state index in [0.29, 0.717) is 5.21 Å². The molecule has 0 heterocycles. The first-order chi connectivity index (χ1) is 3.06. The normalized spacial score (nSPS) is 11.9. The van der Waals surface area contributed by atoms with Gasteiger partial charge < -0.3 is 0 Å². The van der Waals surface area contributed by atoms with E-state index < -0.39 is 13.5 Å². The number of hydrogen-bond donors (Lipinski definition) is 1. The van der Waals surface area contributed by atoms with Crippen LogP contribution >= 0.6 is 0 Å². The average Bonchev–Trinajstić information content (AvgIpc) is 1.30. The van der Waals surface area contributed by atoms with Gasteiger partial charge in [0.2, 0.25) is 0 Å². The van der Waals surface area contributed by atoms with Crippen molar-refractivity contribution in [3.63, 3.8) is 0 Å². The van der Waals surface area contributed by atoms with E-state index in [-0.39, 0.29) is 6.61 Å². The summed E-state index contributed by atoms with van der Waals surface area (Å²) in [7, 11) is 0. The first-order valence-electron chi connectivity index (χ1n) is 2.21. The quantitative estimate of drug-likeness (QED) is 0.610. The molecule has 0 amide bonds. The van der Waals surface area contributed by atoms with E-state index in [9.17, 15) is 3.74 Å². The van der Waals surface area contributed by atoms with E-state index in [4.69, 9.17) is 5.11 Å². The summed E-state index contributed by atoms with van der Waals surface area (Å²) in [6, 6.07) is 0. The maximum atomic E-state index is 10.7. The Labute approximate surface area is 46.2 Å². The first-order valence-corrected chi connectivity index (χ1v) is 8.06. The molecule has 0 rings (SSSR count). The molecule has 1 N–H and O–H groups in total. The van der Waals surface area contributed by atoms with Gasteiger partial charge in [-0.05, 0) is 0 Å². The van der Waals surface area contributed by atoms with Gasteiger partial charge >= 0.3 is 45.6 Å². The molecular formula is C4H11AsO2. The number of hydrogen-bond acceptors (Lipinski definition) is 2. The fraction of sp³-hybridized carbons (Fsp3) is 1.00. The molecule has 0 unspecified atom stereocenters. The van der Waals surface area contributed by atoms with Crippen molar-refractivity contribution in [1.29, 1.82) is 0 Å². The van der Waals surface area contributed by atoms with E-state index in [2.05, 4.69) is 0 Å². The van der Waals surface area contributed by atoms with Gasteiger partial charge in [0.25, 0.3) is 0 Å². The Balaban J connectivity index is 3.36. The van der Waals surface area contributed by atoms with Crippen LogP contribution in [0.2, 0.25) is 16.6 Å². The monoisotopic (exact) mass is 166 g/mol. The molecule has 0 aliphatic heterocycles. The van der Waals surface area contributed by atoms with Crippen molar-refractivity contribution in [2.24, 2.45) is 0 Å². The predicted molar refractivity (Wildman–Crippen MR) is 30.1 cm³/mol. The van der Waals surface area contributed by atoms with Crippen LogP contribution in [0.3, 0.4) is 0 Å². The van der Waals surface area contributed by atoms with Crippen LogP contribution in [-0.4, -0.2) is 25.2 Å². The number of aliphatic hydroxyl groups is 1. The van der Waals surface area contributed by atoms with Crippen molar-refractivity contribution in [2.45, 2.75) is 16.6 Å². The first kappa shape index (κ1) is 7.32. The van der Waals surface area contributed by atoms with Gasteiger partial charge in [-0.25, -0.2) is 0 Å². The Morgan fingerprint density at radius 3 is 2.00 bits per heavy atom. The van der Waals surface area contributed by atoms with E-state index in [1.807, 2.05) is 0 Å². The van der Waals surface area contributed by atoms with Crippen LogP contribution in [0.1, 0.15) is 0 Å². The molecule has 0 atom stereocenters. The zero-order valence-corrected chi connectivity index (χ0v) is 6.59. The van der Waals surface area contributed by atoms with Crippen LogP contribution in [0.4, 0.5) is 0 Å². The summed E-state index contributed by atoms with van der Waals surface area (Å²) in [5, 5.41) is 8.76. The molecule has 0 bridgehead atoms. The molecule has 3 heteroatoms. The van der Waals surface area contributed by atoms with Gasteiger partial charge in [0.15, 0.2) is 0 Å². The van der Waals surface area contributed by atoms with Gasteiger partial charge in [-0.3, -0.25) is 0 Å². The van der Waals surface area contributed by atoms with E-state index in [1.165, 1.54) is 0 Å². The van der Waals surface area contributed by atoms with Crippen LogP contribution in [0, 0.1) is 0 Å². The molecule has 0 aromatic heterocycles. The van der Waals surface area contributed by atoms with Crippen LogP contribution in [0.15, 0.2) is 0 Å². The molecule has 0 fully saturated rings. The Morgan fingerprint density at radius 2 is 2.00 bits per heavy atom. The zero-order chi connectivity index (χ0) is 5.91. The van der Waals surface area contributed by atoms with Crippen molar-refractivity contribution in [1.82, 2.24) is 0 Å². The van der Waals surface area contributed by atoms with Crippen molar-refractivity contribution in [3.05, 3.63) is 0 Å². The molecule has 2 nitrogen and oxygen atoms in total. The molecule has 0 spiro atoms. The Hall–Kier alpha value is 0.318. The maximum absolute atomic E-state index is 10.7. The van der Waals surface area contributed by atoms with Crippen molar-refractivity contribution < 1.29 is 8.85 Å². The van der Waals surface area contributed by atoms with Gasteiger partial charge in [-0.15, -0.1) is 0 Å². The van der Waals surface area contributed by atoms with Gasteiger partial charge in [-0.2, -0.15) is 0 Å². The van der Waals surface area contributed by atoms with Crippen LogP contribution < -0.4 is 0 Å². The summed E-state index contributed by atoms with van der Waals surface area (Å²) in [6.45, 7) is 0.0729. The number of rotatable bonds is 2. The second-order valence-corrected chi connectivity index (χ2v) is 9.56. The summed E-state index contributed by atoms with van der Waals surface area (Å²) < 4.78 is 10.7. The van der Waals surface area contributed by atoms with E-state index >= 15 is 0 Å². The van der Waals surface area contributed by atoms with E-state index in [1.54, 1.807) is 11.4 Å². The summed E-state index contributed by atoms with van der Waals surface area (Å²) in [5.74, 6) is 0. The SMILES string of the molecule is C[As](C)(=O)CCO. The molecule has 0 aromatic rings. The zero-order valence-electron chi connectivity index (χ0n) is 4.72. The fourth-order valence-corrected chi connectivity index (χ4v) is 1.25. The Bertz CT molecular complexity index is 83.7. The van der Waals surface area contributed by atoms with Gasteiger partial charge in [0, 0.05) is 0 Å². The van der Waals surface area contributed by atoms with Crippen molar-refractivity contribution in [2.75, 3.05) is 6.61 Å². The third kappa shape index (κ3) is 6.32. The molecule has 0 saturated heterocycles. The molecule has 0 aliphatic rings. The summed E-state index contributed by atoms with van der Waals surface area (Å²) >= 11 is -2.44. The Kier molecular flexibility index (Phi) is 2.70. The second-order valence-electron chi connectivity index (χ2n) is 2.02. The third-order valence-electron chi connectivity index (χ3n) is 0.639. The van der Waals surface area contributed by atoms with Crippen LogP contribution in [0.25, 0.3) is 0 Å². The average molecular weight is 166 g/mol. The molecule has 0 radical (unpaired) electrons. The molecule has 7 heavy (non-hydrogen) atoms. The van der Waals surface area contributed by atoms with Crippen LogP contribution in [0.5, 0.6) is 0 Å². The fourth-order valence-electron chi connectivity index (χ4n) is 0.241. The van der Waals surface area contributed by atoms with Crippen LogP contribution in [-0.2, 0) is 3.74 Å². The van der Waals surface area contributed by atoms with Crippen molar-refractivity contribution >= 4 is 13.5 Å². The van der Waals surface area contributed by atoms with Gasteiger partial charge in [0.05, 0.1) is 0 Å². The molecule has 44 valence electrons. The Morgan fingerprint density at radius 1 is 1.57 bits per heavy atom. The molecule has 0 aliphatic carbocycles. The summed E-state index contributed by atoms with van der Waals surface area (Å²) in [4.78, 5) is 0. The second kappa shape index (κ2) is 2.58. The topological polar surface area (TPSA) is 37.3 Å². The minimum absolute atomic E-state index is 0.0729. The van der Waals surface area contributed by atoms with Crippen molar-refractivity contribution in [3.8, 4) is 0 Å². The molecule has 0 saturated carbocycles. The van der Waals surface area contributed by atoms with E-state index in [0.717, 1.165) is 0 Å². The standard InChI is InChI=1S/C4H11AsO2/c1-5(2,7)3-4-6/h6H,3-4H2,1-2H3. The van der Waals surface area contributed by atoms with Gasteiger partial charge in [0.1, 0.15) is 0 Å². The molecule has 0 aromatic carbocycles. The summed E-state index contributed by atoms with van der Waals surface area (Å²) in [6.07, 6.45) is 0. The van der Waals surface area contributed by atoms with Gasteiger partial charge in [-0.1, -0.05) is 0 Å². The molecular weight excluding hydrogens is 155 g/mol.